The van der Waals surface area contributed by atoms with Gasteiger partial charge in [-0.1, -0.05) is 146 Å². The van der Waals surface area contributed by atoms with E-state index in [0.29, 0.717) is 11.6 Å². The number of fused-ring (bicyclic) bond motifs is 3. The fourth-order valence-electron chi connectivity index (χ4n) is 6.51. The maximum atomic E-state index is 5.33. The van der Waals surface area contributed by atoms with Gasteiger partial charge in [-0.3, -0.25) is 4.57 Å². The van der Waals surface area contributed by atoms with Crippen molar-refractivity contribution in [2.24, 2.45) is 0 Å². The number of nitrogens with zero attached hydrogens (tertiary/aromatic N) is 5. The standard InChI is InChI=1S/C44H29N5/c1-5-16-30(17-6-1)37-29-38(46-42(45-37)32-20-9-3-10-21-32)33-22-15-23-34(28-33)43-47-41(31-18-7-2-8-19-31)40-36-26-13-14-27-39(36)49(44(40)48-43)35-24-11-4-12-25-35/h1-29H. The van der Waals surface area contributed by atoms with Crippen LogP contribution < -0.4 is 0 Å². The Kier molecular flexibility index (Phi) is 7.06. The Balaban J connectivity index is 1.27. The summed E-state index contributed by atoms with van der Waals surface area (Å²) in [5.41, 5.74) is 10.5. The van der Waals surface area contributed by atoms with E-state index in [1.54, 1.807) is 0 Å². The van der Waals surface area contributed by atoms with Gasteiger partial charge in [0.1, 0.15) is 5.65 Å². The van der Waals surface area contributed by atoms with Crippen molar-refractivity contribution in [3.63, 3.8) is 0 Å². The number of para-hydroxylation sites is 2. The van der Waals surface area contributed by atoms with E-state index in [1.165, 1.54) is 0 Å². The topological polar surface area (TPSA) is 56.5 Å². The Morgan fingerprint density at radius 2 is 0.898 bits per heavy atom. The molecule has 5 heteroatoms. The van der Waals surface area contributed by atoms with Gasteiger partial charge >= 0.3 is 0 Å². The van der Waals surface area contributed by atoms with Crippen molar-refractivity contribution >= 4 is 21.9 Å². The summed E-state index contributed by atoms with van der Waals surface area (Å²) in [5.74, 6) is 1.33. The van der Waals surface area contributed by atoms with Crippen molar-refractivity contribution in [3.8, 4) is 62.2 Å². The summed E-state index contributed by atoms with van der Waals surface area (Å²) in [6.45, 7) is 0. The summed E-state index contributed by atoms with van der Waals surface area (Å²) in [6, 6.07) is 60.1. The third-order valence-electron chi connectivity index (χ3n) is 8.82. The number of aromatic nitrogens is 5. The smallest absolute Gasteiger partial charge is 0.162 e. The van der Waals surface area contributed by atoms with Gasteiger partial charge in [0.15, 0.2) is 11.6 Å². The van der Waals surface area contributed by atoms with Gasteiger partial charge in [-0.25, -0.2) is 19.9 Å². The van der Waals surface area contributed by atoms with Gasteiger partial charge in [0.2, 0.25) is 0 Å². The predicted molar refractivity (Wildman–Crippen MR) is 199 cm³/mol. The van der Waals surface area contributed by atoms with Crippen LogP contribution in [0.4, 0.5) is 0 Å². The minimum absolute atomic E-state index is 0.647. The van der Waals surface area contributed by atoms with Crippen molar-refractivity contribution in [1.82, 2.24) is 24.5 Å². The zero-order valence-electron chi connectivity index (χ0n) is 26.5. The lowest BCUT2D eigenvalue weighted by Gasteiger charge is -2.12. The molecular weight excluding hydrogens is 599 g/mol. The van der Waals surface area contributed by atoms with Crippen LogP contribution in [-0.4, -0.2) is 24.5 Å². The van der Waals surface area contributed by atoms with Crippen LogP contribution >= 0.6 is 0 Å². The normalized spacial score (nSPS) is 11.3. The van der Waals surface area contributed by atoms with Gasteiger partial charge in [0.05, 0.1) is 28.0 Å². The van der Waals surface area contributed by atoms with Crippen molar-refractivity contribution in [2.75, 3.05) is 0 Å². The van der Waals surface area contributed by atoms with E-state index in [4.69, 9.17) is 19.9 Å². The van der Waals surface area contributed by atoms with Crippen LogP contribution in [-0.2, 0) is 0 Å². The zero-order chi connectivity index (χ0) is 32.6. The van der Waals surface area contributed by atoms with E-state index in [1.807, 2.05) is 60.7 Å². The van der Waals surface area contributed by atoms with Crippen LogP contribution in [0.5, 0.6) is 0 Å². The number of hydrogen-bond acceptors (Lipinski definition) is 4. The van der Waals surface area contributed by atoms with Crippen molar-refractivity contribution in [3.05, 3.63) is 176 Å². The molecule has 3 aromatic heterocycles. The second-order valence-electron chi connectivity index (χ2n) is 11.9. The molecule has 0 aliphatic carbocycles. The highest BCUT2D eigenvalue weighted by atomic mass is 15.1. The molecule has 49 heavy (non-hydrogen) atoms. The van der Waals surface area contributed by atoms with E-state index in [-0.39, 0.29) is 0 Å². The first-order valence-electron chi connectivity index (χ1n) is 16.3. The first kappa shape index (κ1) is 28.5. The summed E-state index contributed by atoms with van der Waals surface area (Å²) < 4.78 is 2.24. The maximum absolute atomic E-state index is 5.33. The Labute approximate surface area is 283 Å². The number of benzene rings is 6. The Hall–Kier alpha value is -6.72. The molecule has 0 atom stereocenters. The molecule has 0 aliphatic heterocycles. The van der Waals surface area contributed by atoms with Gasteiger partial charge in [-0.15, -0.1) is 0 Å². The quantitative estimate of drug-likeness (QED) is 0.184. The molecule has 0 bridgehead atoms. The van der Waals surface area contributed by atoms with Crippen LogP contribution in [0.3, 0.4) is 0 Å². The van der Waals surface area contributed by atoms with Gasteiger partial charge in [0, 0.05) is 38.9 Å². The molecule has 230 valence electrons. The van der Waals surface area contributed by atoms with E-state index in [9.17, 15) is 0 Å². The lowest BCUT2D eigenvalue weighted by Crippen LogP contribution is -2.00. The summed E-state index contributed by atoms with van der Waals surface area (Å²) in [5, 5.41) is 2.14. The Morgan fingerprint density at radius 1 is 0.367 bits per heavy atom. The molecule has 0 aliphatic rings. The third-order valence-corrected chi connectivity index (χ3v) is 8.82. The highest BCUT2D eigenvalue weighted by Crippen LogP contribution is 2.38. The van der Waals surface area contributed by atoms with E-state index >= 15 is 0 Å². The predicted octanol–water partition coefficient (Wildman–Crippen LogP) is 10.7. The molecule has 6 aromatic carbocycles. The van der Waals surface area contributed by atoms with E-state index in [0.717, 1.165) is 72.5 Å². The highest BCUT2D eigenvalue weighted by Gasteiger charge is 2.21. The average Bonchev–Trinajstić information content (AvgIpc) is 3.53. The van der Waals surface area contributed by atoms with E-state index < -0.39 is 0 Å². The largest absolute Gasteiger partial charge is 0.294 e. The third kappa shape index (κ3) is 5.24. The molecule has 0 fully saturated rings. The van der Waals surface area contributed by atoms with Crippen LogP contribution in [0.25, 0.3) is 84.2 Å². The van der Waals surface area contributed by atoms with Crippen molar-refractivity contribution in [1.29, 1.82) is 0 Å². The molecule has 9 aromatic rings. The van der Waals surface area contributed by atoms with Gasteiger partial charge in [-0.2, -0.15) is 0 Å². The number of hydrogen-bond donors (Lipinski definition) is 0. The molecular formula is C44H29N5. The monoisotopic (exact) mass is 627 g/mol. The van der Waals surface area contributed by atoms with Crippen LogP contribution in [0.1, 0.15) is 0 Å². The highest BCUT2D eigenvalue weighted by molar-refractivity contribution is 6.14. The molecule has 0 radical (unpaired) electrons. The molecule has 9 rings (SSSR count). The van der Waals surface area contributed by atoms with Crippen LogP contribution in [0, 0.1) is 0 Å². The van der Waals surface area contributed by atoms with Crippen LogP contribution in [0.2, 0.25) is 0 Å². The van der Waals surface area contributed by atoms with Gasteiger partial charge in [0.25, 0.3) is 0 Å². The fraction of sp³-hybridized carbons (Fsp3) is 0. The average molecular weight is 628 g/mol. The lowest BCUT2D eigenvalue weighted by molar-refractivity contribution is 1.11. The molecule has 0 N–H and O–H groups in total. The summed E-state index contributed by atoms with van der Waals surface area (Å²) in [4.78, 5) is 20.7. The molecule has 0 amide bonds. The van der Waals surface area contributed by atoms with Crippen molar-refractivity contribution < 1.29 is 0 Å². The lowest BCUT2D eigenvalue weighted by atomic mass is 10.0. The minimum atomic E-state index is 0.647. The van der Waals surface area contributed by atoms with Crippen molar-refractivity contribution in [2.45, 2.75) is 0 Å². The molecule has 0 unspecified atom stereocenters. The molecule has 0 spiro atoms. The summed E-state index contributed by atoms with van der Waals surface area (Å²) >= 11 is 0. The molecule has 5 nitrogen and oxygen atoms in total. The SMILES string of the molecule is c1ccc(-c2cc(-c3cccc(-c4nc(-c5ccccc5)c5c6ccccc6n(-c6ccccc6)c5n4)c3)nc(-c3ccccc3)n2)cc1. The molecule has 0 saturated carbocycles. The second-order valence-corrected chi connectivity index (χ2v) is 11.9. The molecule has 3 heterocycles. The first-order valence-corrected chi connectivity index (χ1v) is 16.3. The second kappa shape index (κ2) is 12.1. The molecule has 0 saturated heterocycles. The number of rotatable bonds is 6. The van der Waals surface area contributed by atoms with Crippen LogP contribution in [0.15, 0.2) is 176 Å². The minimum Gasteiger partial charge on any atom is -0.294 e. The zero-order valence-corrected chi connectivity index (χ0v) is 26.5. The first-order chi connectivity index (χ1) is 24.3. The summed E-state index contributed by atoms with van der Waals surface area (Å²) in [7, 11) is 0. The van der Waals surface area contributed by atoms with Gasteiger partial charge in [-0.05, 0) is 30.3 Å². The fourth-order valence-corrected chi connectivity index (χ4v) is 6.51. The Morgan fingerprint density at radius 3 is 1.61 bits per heavy atom. The maximum Gasteiger partial charge on any atom is 0.162 e. The Bertz CT molecular complexity index is 2520. The van der Waals surface area contributed by atoms with Gasteiger partial charge < -0.3 is 0 Å². The van der Waals surface area contributed by atoms with E-state index in [2.05, 4.69) is 120 Å². The summed E-state index contributed by atoms with van der Waals surface area (Å²) in [6.07, 6.45) is 0.